The van der Waals surface area contributed by atoms with Crippen LogP contribution in [-0.4, -0.2) is 25.2 Å². The van der Waals surface area contributed by atoms with Gasteiger partial charge in [0.05, 0.1) is 31.4 Å². The maximum absolute atomic E-state index is 12.3. The van der Waals surface area contributed by atoms with Crippen molar-refractivity contribution >= 4 is 22.6 Å². The van der Waals surface area contributed by atoms with E-state index in [4.69, 9.17) is 14.7 Å². The molecule has 0 aliphatic carbocycles. The molecule has 0 aliphatic rings. The van der Waals surface area contributed by atoms with E-state index in [1.54, 1.807) is 32.5 Å². The maximum Gasteiger partial charge on any atom is 0.319 e. The van der Waals surface area contributed by atoms with Gasteiger partial charge in [0.1, 0.15) is 11.5 Å². The molecule has 0 saturated heterocycles. The maximum atomic E-state index is 12.3. The van der Waals surface area contributed by atoms with E-state index >= 15 is 0 Å². The molecule has 2 N–H and O–H groups in total. The fraction of sp³-hybridized carbons (Fsp3) is 0.115. The van der Waals surface area contributed by atoms with E-state index in [-0.39, 0.29) is 6.03 Å². The van der Waals surface area contributed by atoms with Gasteiger partial charge < -0.3 is 20.1 Å². The number of nitriles is 1. The van der Waals surface area contributed by atoms with Gasteiger partial charge in [0.25, 0.3) is 0 Å². The number of hydrogen-bond donors (Lipinski definition) is 2. The number of carbonyl (C=O) groups is 1. The number of nitrogens with zero attached hydrogens (tertiary/aromatic N) is 2. The van der Waals surface area contributed by atoms with Gasteiger partial charge in [-0.15, -0.1) is 0 Å². The normalized spacial score (nSPS) is 10.3. The number of aromatic nitrogens is 1. The van der Waals surface area contributed by atoms with Crippen LogP contribution in [0.5, 0.6) is 11.5 Å². The molecule has 0 bridgehead atoms. The number of urea groups is 1. The molecule has 4 aromatic rings. The van der Waals surface area contributed by atoms with Crippen molar-refractivity contribution in [2.24, 2.45) is 0 Å². The van der Waals surface area contributed by atoms with Crippen LogP contribution in [0.2, 0.25) is 0 Å². The number of benzene rings is 3. The second kappa shape index (κ2) is 9.71. The molecule has 0 unspecified atom stereocenters. The lowest BCUT2D eigenvalue weighted by Gasteiger charge is -2.10. The van der Waals surface area contributed by atoms with Gasteiger partial charge in [0, 0.05) is 35.4 Å². The second-order valence-corrected chi connectivity index (χ2v) is 7.35. The predicted molar refractivity (Wildman–Crippen MR) is 127 cm³/mol. The fourth-order valence-corrected chi connectivity index (χ4v) is 3.39. The minimum absolute atomic E-state index is 0.321. The van der Waals surface area contributed by atoms with Crippen LogP contribution in [0.4, 0.5) is 10.5 Å². The Morgan fingerprint density at radius 2 is 1.67 bits per heavy atom. The third kappa shape index (κ3) is 5.20. The van der Waals surface area contributed by atoms with Crippen molar-refractivity contribution in [2.75, 3.05) is 19.5 Å². The molecule has 7 heteroatoms. The Bertz CT molecular complexity index is 1320. The van der Waals surface area contributed by atoms with E-state index in [2.05, 4.69) is 21.7 Å². The largest absolute Gasteiger partial charge is 0.497 e. The van der Waals surface area contributed by atoms with Gasteiger partial charge in [-0.2, -0.15) is 5.26 Å². The van der Waals surface area contributed by atoms with Crippen LogP contribution in [-0.2, 0) is 6.54 Å². The summed E-state index contributed by atoms with van der Waals surface area (Å²) in [6.07, 6.45) is 1.78. The Labute approximate surface area is 191 Å². The minimum atomic E-state index is -0.321. The number of methoxy groups -OCH3 is 2. The van der Waals surface area contributed by atoms with Gasteiger partial charge in [-0.1, -0.05) is 18.2 Å². The average Bonchev–Trinajstić information content (AvgIpc) is 2.87. The van der Waals surface area contributed by atoms with Crippen LogP contribution in [0, 0.1) is 11.3 Å². The third-order valence-corrected chi connectivity index (χ3v) is 5.16. The molecule has 7 nitrogen and oxygen atoms in total. The Kier molecular flexibility index (Phi) is 6.37. The summed E-state index contributed by atoms with van der Waals surface area (Å²) in [7, 11) is 3.23. The number of amides is 2. The van der Waals surface area contributed by atoms with Crippen molar-refractivity contribution in [3.8, 4) is 28.7 Å². The zero-order valence-electron chi connectivity index (χ0n) is 18.3. The number of carbonyl (C=O) groups excluding carboxylic acids is 1. The molecule has 0 spiro atoms. The molecule has 4 rings (SSSR count). The van der Waals surface area contributed by atoms with Crippen molar-refractivity contribution in [1.29, 1.82) is 5.26 Å². The van der Waals surface area contributed by atoms with E-state index in [0.717, 1.165) is 27.6 Å². The molecule has 1 heterocycles. The van der Waals surface area contributed by atoms with Gasteiger partial charge >= 0.3 is 6.03 Å². The van der Waals surface area contributed by atoms with Crippen LogP contribution in [0.25, 0.3) is 22.0 Å². The Morgan fingerprint density at radius 3 is 2.33 bits per heavy atom. The minimum Gasteiger partial charge on any atom is -0.497 e. The van der Waals surface area contributed by atoms with Crippen LogP contribution >= 0.6 is 0 Å². The Morgan fingerprint density at radius 1 is 0.939 bits per heavy atom. The monoisotopic (exact) mass is 438 g/mol. The summed E-state index contributed by atoms with van der Waals surface area (Å²) in [5.74, 6) is 1.41. The first-order chi connectivity index (χ1) is 16.1. The molecule has 3 aromatic carbocycles. The molecule has 1 aromatic heterocycles. The number of ether oxygens (including phenoxy) is 2. The number of anilines is 1. The number of rotatable bonds is 6. The van der Waals surface area contributed by atoms with Crippen LogP contribution in [0.15, 0.2) is 72.9 Å². The van der Waals surface area contributed by atoms with Crippen molar-refractivity contribution in [3.05, 3.63) is 84.1 Å². The average molecular weight is 438 g/mol. The first kappa shape index (κ1) is 21.7. The van der Waals surface area contributed by atoms with E-state index in [1.165, 1.54) is 0 Å². The van der Waals surface area contributed by atoms with Gasteiger partial charge in [0.2, 0.25) is 0 Å². The number of hydrogen-bond acceptors (Lipinski definition) is 5. The van der Waals surface area contributed by atoms with Gasteiger partial charge in [0.15, 0.2) is 0 Å². The Hall–Kier alpha value is -4.57. The molecule has 2 amide bonds. The molecule has 0 fully saturated rings. The van der Waals surface area contributed by atoms with Crippen molar-refractivity contribution in [3.63, 3.8) is 0 Å². The van der Waals surface area contributed by atoms with Crippen LogP contribution in [0.3, 0.4) is 0 Å². The van der Waals surface area contributed by atoms with Crippen molar-refractivity contribution in [2.45, 2.75) is 6.54 Å². The molecule has 33 heavy (non-hydrogen) atoms. The highest BCUT2D eigenvalue weighted by atomic mass is 16.5. The number of fused-ring (bicyclic) bond motifs is 1. The van der Waals surface area contributed by atoms with E-state index in [1.807, 2.05) is 54.6 Å². The van der Waals surface area contributed by atoms with Gasteiger partial charge in [-0.05, 0) is 53.6 Å². The van der Waals surface area contributed by atoms with Crippen LogP contribution in [0.1, 0.15) is 11.1 Å². The SMILES string of the molecule is COc1cc(OC)cc(-c2cnc3cc(NC(=O)NCc4ccc(C#N)cc4)ccc3c2)c1. The summed E-state index contributed by atoms with van der Waals surface area (Å²) in [5, 5.41) is 15.4. The lowest BCUT2D eigenvalue weighted by atomic mass is 10.0. The van der Waals surface area contributed by atoms with E-state index in [9.17, 15) is 4.79 Å². The van der Waals surface area contributed by atoms with Gasteiger partial charge in [-0.25, -0.2) is 4.79 Å². The molecule has 0 aliphatic heterocycles. The Balaban J connectivity index is 1.46. The highest BCUT2D eigenvalue weighted by molar-refractivity contribution is 5.93. The molecular weight excluding hydrogens is 416 g/mol. The topological polar surface area (TPSA) is 96.3 Å². The second-order valence-electron chi connectivity index (χ2n) is 7.35. The molecule has 0 radical (unpaired) electrons. The number of nitrogens with one attached hydrogen (secondary N) is 2. The lowest BCUT2D eigenvalue weighted by Crippen LogP contribution is -2.28. The summed E-state index contributed by atoms with van der Waals surface area (Å²) in [5.41, 5.74) is 4.76. The quantitative estimate of drug-likeness (QED) is 0.436. The summed E-state index contributed by atoms with van der Waals surface area (Å²) in [4.78, 5) is 16.9. The summed E-state index contributed by atoms with van der Waals surface area (Å²) in [6, 6.07) is 22.1. The van der Waals surface area contributed by atoms with Crippen LogP contribution < -0.4 is 20.1 Å². The summed E-state index contributed by atoms with van der Waals surface area (Å²) in [6.45, 7) is 0.358. The standard InChI is InChI=1S/C26H22N4O3/c1-32-23-10-20(11-24(13-23)33-2)21-9-19-7-8-22(12-25(19)28-16-21)30-26(31)29-15-18-5-3-17(14-27)4-6-18/h3-13,16H,15H2,1-2H3,(H2,29,30,31). The van der Waals surface area contributed by atoms with E-state index in [0.29, 0.717) is 29.3 Å². The number of pyridine rings is 1. The first-order valence-corrected chi connectivity index (χ1v) is 10.2. The van der Waals surface area contributed by atoms with Crippen molar-refractivity contribution < 1.29 is 14.3 Å². The highest BCUT2D eigenvalue weighted by Crippen LogP contribution is 2.31. The zero-order chi connectivity index (χ0) is 23.2. The molecule has 0 saturated carbocycles. The fourth-order valence-electron chi connectivity index (χ4n) is 3.39. The van der Waals surface area contributed by atoms with Gasteiger partial charge in [-0.3, -0.25) is 4.98 Å². The first-order valence-electron chi connectivity index (χ1n) is 10.2. The zero-order valence-corrected chi connectivity index (χ0v) is 18.3. The van der Waals surface area contributed by atoms with E-state index < -0.39 is 0 Å². The molecule has 0 atom stereocenters. The van der Waals surface area contributed by atoms with Crippen molar-refractivity contribution in [1.82, 2.24) is 10.3 Å². The summed E-state index contributed by atoms with van der Waals surface area (Å²) < 4.78 is 10.7. The lowest BCUT2D eigenvalue weighted by molar-refractivity contribution is 0.251. The third-order valence-electron chi connectivity index (χ3n) is 5.16. The molecule has 164 valence electrons. The smallest absolute Gasteiger partial charge is 0.319 e. The predicted octanol–water partition coefficient (Wildman–Crippen LogP) is 5.11. The molecular formula is C26H22N4O3. The summed E-state index contributed by atoms with van der Waals surface area (Å²) >= 11 is 0. The highest BCUT2D eigenvalue weighted by Gasteiger charge is 2.08.